The summed E-state index contributed by atoms with van der Waals surface area (Å²) in [6, 6.07) is 12.6. The average Bonchev–Trinajstić information content (AvgIpc) is 3.42. The number of aromatic amines is 1. The minimum atomic E-state index is -0.448. The van der Waals surface area contributed by atoms with Gasteiger partial charge in [0.2, 0.25) is 5.13 Å². The summed E-state index contributed by atoms with van der Waals surface area (Å²) in [5, 5.41) is 7.96. The van der Waals surface area contributed by atoms with Crippen LogP contribution in [0.1, 0.15) is 41.9 Å². The van der Waals surface area contributed by atoms with Crippen LogP contribution in [-0.4, -0.2) is 40.6 Å². The second-order valence-corrected chi connectivity index (χ2v) is 8.57. The molecule has 2 N–H and O–H groups in total. The van der Waals surface area contributed by atoms with Crippen LogP contribution in [0.3, 0.4) is 0 Å². The van der Waals surface area contributed by atoms with Crippen molar-refractivity contribution in [2.24, 2.45) is 5.10 Å². The maximum atomic E-state index is 13.3. The second-order valence-electron chi connectivity index (χ2n) is 7.56. The van der Waals surface area contributed by atoms with Gasteiger partial charge in [0.05, 0.1) is 35.7 Å². The Balaban J connectivity index is 1.66. The minimum Gasteiger partial charge on any atom is -0.497 e. The van der Waals surface area contributed by atoms with E-state index >= 15 is 0 Å². The topological polar surface area (TPSA) is 111 Å². The molecule has 1 amide bonds. The largest absolute Gasteiger partial charge is 0.497 e. The molecule has 176 valence electrons. The van der Waals surface area contributed by atoms with E-state index < -0.39 is 5.91 Å². The maximum Gasteiger partial charge on any atom is 0.282 e. The van der Waals surface area contributed by atoms with Crippen molar-refractivity contribution in [1.29, 1.82) is 0 Å². The fraction of sp³-hybridized carbons (Fsp3) is 0.250. The van der Waals surface area contributed by atoms with Gasteiger partial charge in [0.15, 0.2) is 0 Å². The highest BCUT2D eigenvalue weighted by Crippen LogP contribution is 2.24. The zero-order valence-corrected chi connectivity index (χ0v) is 20.2. The summed E-state index contributed by atoms with van der Waals surface area (Å²) < 4.78 is 12.9. The van der Waals surface area contributed by atoms with Gasteiger partial charge in [0.1, 0.15) is 11.5 Å². The van der Waals surface area contributed by atoms with Gasteiger partial charge >= 0.3 is 0 Å². The molecule has 0 spiro atoms. The number of carbonyl (C=O) groups excluding carboxylic acids is 1. The van der Waals surface area contributed by atoms with Crippen LogP contribution in [0, 0.1) is 0 Å². The number of fused-ring (bicyclic) bond motifs is 1. The molecule has 0 aliphatic carbocycles. The molecule has 0 unspecified atom stereocenters. The Morgan fingerprint density at radius 1 is 1.18 bits per heavy atom. The lowest BCUT2D eigenvalue weighted by Gasteiger charge is -2.08. The lowest BCUT2D eigenvalue weighted by atomic mass is 10.1. The molecule has 4 rings (SSSR count). The van der Waals surface area contributed by atoms with Crippen LogP contribution in [0.2, 0.25) is 0 Å². The number of amides is 1. The Hall–Kier alpha value is -3.92. The van der Waals surface area contributed by atoms with Crippen molar-refractivity contribution in [3.8, 4) is 16.6 Å². The first-order chi connectivity index (χ1) is 16.4. The molecule has 0 aliphatic heterocycles. The number of benzene rings is 2. The Morgan fingerprint density at radius 2 is 1.88 bits per heavy atom. The molecular weight excluding hydrogens is 454 g/mol. The van der Waals surface area contributed by atoms with Crippen molar-refractivity contribution in [3.63, 3.8) is 0 Å². The quantitative estimate of drug-likeness (QED) is 0.294. The third-order valence-electron chi connectivity index (χ3n) is 5.24. The van der Waals surface area contributed by atoms with E-state index in [2.05, 4.69) is 20.6 Å². The molecule has 0 atom stereocenters. The van der Waals surface area contributed by atoms with Crippen LogP contribution >= 0.6 is 11.3 Å². The number of rotatable bonds is 8. The lowest BCUT2D eigenvalue weighted by molar-refractivity contribution is 0.0954. The summed E-state index contributed by atoms with van der Waals surface area (Å²) in [7, 11) is 3.02. The Kier molecular flexibility index (Phi) is 6.78. The van der Waals surface area contributed by atoms with Crippen LogP contribution in [-0.2, 0) is 6.42 Å². The number of hydrogen-bond acceptors (Lipinski definition) is 7. The third-order valence-corrected chi connectivity index (χ3v) is 6.26. The summed E-state index contributed by atoms with van der Waals surface area (Å²) in [5.41, 5.74) is 4.97. The van der Waals surface area contributed by atoms with E-state index in [1.807, 2.05) is 31.2 Å². The molecule has 0 saturated carbocycles. The van der Waals surface area contributed by atoms with Gasteiger partial charge in [-0.15, -0.1) is 0 Å². The fourth-order valence-corrected chi connectivity index (χ4v) is 4.50. The van der Waals surface area contributed by atoms with E-state index in [1.54, 1.807) is 25.1 Å². The monoisotopic (exact) mass is 479 g/mol. The predicted octanol–water partition coefficient (Wildman–Crippen LogP) is 3.90. The number of ether oxygens (including phenoxy) is 2. The maximum absolute atomic E-state index is 13.3. The first-order valence-electron chi connectivity index (χ1n) is 10.7. The molecule has 0 radical (unpaired) electrons. The Bertz CT molecular complexity index is 1380. The van der Waals surface area contributed by atoms with Crippen LogP contribution in [0.4, 0.5) is 0 Å². The standard InChI is InChI=1S/C24H25N5O4S/c1-5-8-19-21(23(31)29(28-19)24-25-18-9-6-7-10-20(18)34-24)14(2)26-27-22(30)15-11-16(32-3)13-17(12-15)33-4/h6-7,9-13,28H,5,8H2,1-4H3,(H,27,30)/b26-14+. The molecule has 9 nitrogen and oxygen atoms in total. The first kappa shape index (κ1) is 23.2. The van der Waals surface area contributed by atoms with E-state index in [-0.39, 0.29) is 5.56 Å². The third kappa shape index (κ3) is 4.58. The number of aromatic nitrogens is 3. The zero-order valence-electron chi connectivity index (χ0n) is 19.3. The van der Waals surface area contributed by atoms with E-state index in [9.17, 15) is 9.59 Å². The van der Waals surface area contributed by atoms with Gasteiger partial charge in [0.25, 0.3) is 11.5 Å². The number of hydrogen-bond donors (Lipinski definition) is 2. The highest BCUT2D eigenvalue weighted by Gasteiger charge is 2.20. The summed E-state index contributed by atoms with van der Waals surface area (Å²) >= 11 is 1.43. The fourth-order valence-electron chi connectivity index (χ4n) is 3.57. The molecule has 0 aliphatic rings. The van der Waals surface area contributed by atoms with Crippen molar-refractivity contribution >= 4 is 33.2 Å². The number of H-pyrrole nitrogens is 1. The normalized spacial score (nSPS) is 11.6. The molecule has 4 aromatic rings. The van der Waals surface area contributed by atoms with E-state index in [1.165, 1.54) is 30.2 Å². The van der Waals surface area contributed by atoms with Gasteiger partial charge in [0, 0.05) is 17.3 Å². The Morgan fingerprint density at radius 3 is 2.53 bits per heavy atom. The summed E-state index contributed by atoms with van der Waals surface area (Å²) in [6.45, 7) is 3.72. The molecule has 10 heteroatoms. The van der Waals surface area contributed by atoms with Crippen LogP contribution in [0.5, 0.6) is 11.5 Å². The van der Waals surface area contributed by atoms with Crippen molar-refractivity contribution in [2.45, 2.75) is 26.7 Å². The van der Waals surface area contributed by atoms with Gasteiger partial charge in [-0.2, -0.15) is 9.78 Å². The summed E-state index contributed by atoms with van der Waals surface area (Å²) in [6.07, 6.45) is 1.48. The van der Waals surface area contributed by atoms with E-state index in [4.69, 9.17) is 9.47 Å². The second kappa shape index (κ2) is 9.92. The number of aryl methyl sites for hydroxylation is 1. The van der Waals surface area contributed by atoms with Crippen LogP contribution < -0.4 is 20.5 Å². The number of methoxy groups -OCH3 is 2. The van der Waals surface area contributed by atoms with Crippen molar-refractivity contribution in [1.82, 2.24) is 20.2 Å². The van der Waals surface area contributed by atoms with E-state index in [0.717, 1.165) is 22.3 Å². The molecule has 0 bridgehead atoms. The first-order valence-corrected chi connectivity index (χ1v) is 11.5. The summed E-state index contributed by atoms with van der Waals surface area (Å²) in [5.74, 6) is 0.523. The number of hydrazone groups is 1. The molecule has 0 saturated heterocycles. The number of thiazole rings is 1. The molecular formula is C24H25N5O4S. The van der Waals surface area contributed by atoms with Crippen LogP contribution in [0.25, 0.3) is 15.3 Å². The molecule has 0 fully saturated rings. The summed E-state index contributed by atoms with van der Waals surface area (Å²) in [4.78, 5) is 30.6. The highest BCUT2D eigenvalue weighted by molar-refractivity contribution is 7.20. The number of carbonyl (C=O) groups is 1. The predicted molar refractivity (Wildman–Crippen MR) is 133 cm³/mol. The number of nitrogens with one attached hydrogen (secondary N) is 2. The van der Waals surface area contributed by atoms with Crippen molar-refractivity contribution < 1.29 is 14.3 Å². The number of nitrogens with zero attached hydrogens (tertiary/aromatic N) is 3. The highest BCUT2D eigenvalue weighted by atomic mass is 32.1. The van der Waals surface area contributed by atoms with Gasteiger partial charge in [-0.3, -0.25) is 14.7 Å². The Labute approximate surface area is 200 Å². The average molecular weight is 480 g/mol. The zero-order chi connectivity index (χ0) is 24.2. The van der Waals surface area contributed by atoms with E-state index in [0.29, 0.717) is 39.9 Å². The molecule has 34 heavy (non-hydrogen) atoms. The lowest BCUT2D eigenvalue weighted by Crippen LogP contribution is -2.23. The SMILES string of the molecule is CCCc1[nH]n(-c2nc3ccccc3s2)c(=O)c1/C(C)=N/NC(=O)c1cc(OC)cc(OC)c1. The van der Waals surface area contributed by atoms with Crippen LogP contribution in [0.15, 0.2) is 52.4 Å². The molecule has 2 aromatic heterocycles. The minimum absolute atomic E-state index is 0.263. The van der Waals surface area contributed by atoms with Gasteiger partial charge in [-0.1, -0.05) is 36.8 Å². The van der Waals surface area contributed by atoms with Gasteiger partial charge in [-0.05, 0) is 37.6 Å². The molecule has 2 aromatic carbocycles. The molecule has 2 heterocycles. The number of para-hydroxylation sites is 1. The van der Waals surface area contributed by atoms with Crippen molar-refractivity contribution in [3.05, 3.63) is 69.6 Å². The van der Waals surface area contributed by atoms with Crippen molar-refractivity contribution in [2.75, 3.05) is 14.2 Å². The smallest absolute Gasteiger partial charge is 0.282 e. The van der Waals surface area contributed by atoms with Gasteiger partial charge in [-0.25, -0.2) is 10.4 Å². The van der Waals surface area contributed by atoms with Gasteiger partial charge < -0.3 is 9.47 Å².